The molecule has 2 fully saturated rings. The van der Waals surface area contributed by atoms with E-state index in [9.17, 15) is 18.0 Å². The Kier molecular flexibility index (Phi) is 7.62. The third kappa shape index (κ3) is 5.32. The zero-order valence-corrected chi connectivity index (χ0v) is 20.4. The minimum atomic E-state index is -3.85. The van der Waals surface area contributed by atoms with Crippen LogP contribution in [0.3, 0.4) is 0 Å². The van der Waals surface area contributed by atoms with Crippen LogP contribution in [0.2, 0.25) is 0 Å². The van der Waals surface area contributed by atoms with Gasteiger partial charge in [-0.05, 0) is 52.2 Å². The first-order chi connectivity index (χ1) is 15.1. The molecule has 2 aliphatic rings. The first-order valence-corrected chi connectivity index (χ1v) is 12.7. The molecule has 0 atom stereocenters. The molecule has 0 saturated carbocycles. The molecule has 2 heterocycles. The number of hydrogen-bond acceptors (Lipinski definition) is 6. The molecule has 0 aliphatic carbocycles. The van der Waals surface area contributed by atoms with Crippen molar-refractivity contribution in [1.29, 1.82) is 0 Å². The molecule has 178 valence electrons. The summed E-state index contributed by atoms with van der Waals surface area (Å²) in [5.41, 5.74) is 0.111. The lowest BCUT2D eigenvalue weighted by atomic mass is 9.96. The summed E-state index contributed by atoms with van der Waals surface area (Å²) in [5.74, 6) is -0.717. The van der Waals surface area contributed by atoms with Gasteiger partial charge in [0.2, 0.25) is 15.9 Å². The Morgan fingerprint density at radius 1 is 0.969 bits per heavy atom. The predicted octanol–water partition coefficient (Wildman–Crippen LogP) is 2.21. The molecule has 8 nitrogen and oxygen atoms in total. The van der Waals surface area contributed by atoms with Gasteiger partial charge in [0, 0.05) is 50.7 Å². The fourth-order valence-corrected chi connectivity index (χ4v) is 6.17. The Balaban J connectivity index is 1.64. The third-order valence-corrected chi connectivity index (χ3v) is 8.43. The molecule has 3 rings (SSSR count). The Morgan fingerprint density at radius 3 is 2.25 bits per heavy atom. The Hall–Kier alpha value is -1.97. The van der Waals surface area contributed by atoms with E-state index in [0.717, 1.165) is 26.1 Å². The van der Waals surface area contributed by atoms with Gasteiger partial charge in [-0.15, -0.1) is 0 Å². The summed E-state index contributed by atoms with van der Waals surface area (Å²) in [5, 5.41) is 0. The van der Waals surface area contributed by atoms with Gasteiger partial charge in [-0.25, -0.2) is 13.2 Å². The van der Waals surface area contributed by atoms with E-state index in [1.165, 1.54) is 23.5 Å². The summed E-state index contributed by atoms with van der Waals surface area (Å²) >= 11 is 0. The fourth-order valence-electron chi connectivity index (χ4n) is 4.52. The van der Waals surface area contributed by atoms with Crippen molar-refractivity contribution in [3.05, 3.63) is 29.8 Å². The van der Waals surface area contributed by atoms with E-state index in [1.807, 2.05) is 4.90 Å². The summed E-state index contributed by atoms with van der Waals surface area (Å²) in [6.45, 7) is 10.4. The van der Waals surface area contributed by atoms with E-state index in [1.54, 1.807) is 12.1 Å². The molecule has 32 heavy (non-hydrogen) atoms. The monoisotopic (exact) mass is 465 g/mol. The third-order valence-electron chi connectivity index (χ3n) is 6.47. The number of methoxy groups -OCH3 is 1. The highest BCUT2D eigenvalue weighted by molar-refractivity contribution is 7.89. The Labute approximate surface area is 191 Å². The van der Waals surface area contributed by atoms with Crippen molar-refractivity contribution in [2.45, 2.75) is 50.5 Å². The molecule has 1 aromatic carbocycles. The van der Waals surface area contributed by atoms with Crippen LogP contribution in [0.15, 0.2) is 29.2 Å². The highest BCUT2D eigenvalue weighted by Gasteiger charge is 2.36. The number of carbonyl (C=O) groups is 2. The average molecular weight is 466 g/mol. The molecule has 0 spiro atoms. The minimum absolute atomic E-state index is 0.0289. The van der Waals surface area contributed by atoms with Gasteiger partial charge in [0.25, 0.3) is 0 Å². The summed E-state index contributed by atoms with van der Waals surface area (Å²) in [6.07, 6.45) is 1.91. The molecule has 1 amide bonds. The van der Waals surface area contributed by atoms with Crippen molar-refractivity contribution in [1.82, 2.24) is 14.1 Å². The van der Waals surface area contributed by atoms with Gasteiger partial charge in [0.1, 0.15) is 0 Å². The van der Waals surface area contributed by atoms with Crippen LogP contribution in [0.4, 0.5) is 0 Å². The maximum atomic E-state index is 13.2. The number of sulfonamides is 1. The van der Waals surface area contributed by atoms with Crippen molar-refractivity contribution in [3.8, 4) is 0 Å². The Morgan fingerprint density at radius 2 is 1.62 bits per heavy atom. The van der Waals surface area contributed by atoms with E-state index in [2.05, 4.69) is 25.7 Å². The van der Waals surface area contributed by atoms with Crippen LogP contribution >= 0.6 is 0 Å². The lowest BCUT2D eigenvalue weighted by molar-refractivity contribution is -0.136. The van der Waals surface area contributed by atoms with Crippen LogP contribution < -0.4 is 0 Å². The molecular weight excluding hydrogens is 430 g/mol. The van der Waals surface area contributed by atoms with Crippen LogP contribution in [-0.2, 0) is 19.6 Å². The number of amides is 1. The average Bonchev–Trinajstić information content (AvgIpc) is 3.04. The molecule has 0 unspecified atom stereocenters. The van der Waals surface area contributed by atoms with E-state index >= 15 is 0 Å². The van der Waals surface area contributed by atoms with Gasteiger partial charge in [-0.2, -0.15) is 4.31 Å². The molecule has 0 bridgehead atoms. The second-order valence-electron chi connectivity index (χ2n) is 9.50. The Bertz CT molecular complexity index is 933. The number of benzene rings is 1. The van der Waals surface area contributed by atoms with Crippen molar-refractivity contribution in [2.24, 2.45) is 5.92 Å². The molecule has 0 radical (unpaired) electrons. The summed E-state index contributed by atoms with van der Waals surface area (Å²) < 4.78 is 32.5. The maximum absolute atomic E-state index is 13.2. The van der Waals surface area contributed by atoms with Gasteiger partial charge in [-0.3, -0.25) is 9.69 Å². The van der Waals surface area contributed by atoms with Crippen LogP contribution in [0.25, 0.3) is 0 Å². The number of piperidine rings is 1. The molecule has 2 aliphatic heterocycles. The zero-order chi connectivity index (χ0) is 23.5. The topological polar surface area (TPSA) is 87.2 Å². The summed E-state index contributed by atoms with van der Waals surface area (Å²) in [6, 6.07) is 6.08. The van der Waals surface area contributed by atoms with Gasteiger partial charge in [0.05, 0.1) is 17.6 Å². The van der Waals surface area contributed by atoms with E-state index in [0.29, 0.717) is 19.4 Å². The van der Waals surface area contributed by atoms with Crippen LogP contribution in [-0.4, -0.2) is 86.3 Å². The number of ether oxygens (including phenoxy) is 1. The predicted molar refractivity (Wildman–Crippen MR) is 122 cm³/mol. The molecule has 9 heteroatoms. The molecule has 1 aromatic rings. The lowest BCUT2D eigenvalue weighted by Crippen LogP contribution is -2.46. The van der Waals surface area contributed by atoms with E-state index < -0.39 is 16.0 Å². The first kappa shape index (κ1) is 24.7. The zero-order valence-electron chi connectivity index (χ0n) is 19.5. The van der Waals surface area contributed by atoms with Crippen LogP contribution in [0, 0.1) is 5.92 Å². The molecular formula is C23H35N3O5S. The summed E-state index contributed by atoms with van der Waals surface area (Å²) in [4.78, 5) is 29.5. The minimum Gasteiger partial charge on any atom is -0.465 e. The second kappa shape index (κ2) is 9.89. The number of carbonyl (C=O) groups excluding carboxylic acids is 2. The van der Waals surface area contributed by atoms with Crippen molar-refractivity contribution >= 4 is 21.9 Å². The van der Waals surface area contributed by atoms with Gasteiger partial charge in [0.15, 0.2) is 0 Å². The van der Waals surface area contributed by atoms with Crippen LogP contribution in [0.1, 0.15) is 50.4 Å². The molecule has 2 saturated heterocycles. The normalized spacial score (nSPS) is 20.1. The fraction of sp³-hybridized carbons (Fsp3) is 0.652. The van der Waals surface area contributed by atoms with E-state index in [4.69, 9.17) is 4.74 Å². The standard InChI is InChI=1S/C23H35N3O5S/c1-23(2,3)25-13-7-12-24(16-17-25)21(27)18-10-14-26(15-11-18)32(29,30)20-9-6-5-8-19(20)22(28)31-4/h5-6,8-9,18H,7,10-17H2,1-4H3. The first-order valence-electron chi connectivity index (χ1n) is 11.3. The largest absolute Gasteiger partial charge is 0.465 e. The maximum Gasteiger partial charge on any atom is 0.339 e. The van der Waals surface area contributed by atoms with E-state index in [-0.39, 0.29) is 40.9 Å². The van der Waals surface area contributed by atoms with Crippen molar-refractivity contribution < 1.29 is 22.7 Å². The van der Waals surface area contributed by atoms with Crippen LogP contribution in [0.5, 0.6) is 0 Å². The smallest absolute Gasteiger partial charge is 0.339 e. The van der Waals surface area contributed by atoms with Gasteiger partial charge >= 0.3 is 5.97 Å². The number of hydrogen-bond donors (Lipinski definition) is 0. The molecule has 0 N–H and O–H groups in total. The summed E-state index contributed by atoms with van der Waals surface area (Å²) in [7, 11) is -2.62. The SMILES string of the molecule is COC(=O)c1ccccc1S(=O)(=O)N1CCC(C(=O)N2CCCN(C(C)(C)C)CC2)CC1. The number of esters is 1. The molecule has 0 aromatic heterocycles. The highest BCUT2D eigenvalue weighted by Crippen LogP contribution is 2.28. The quantitative estimate of drug-likeness (QED) is 0.634. The second-order valence-corrected chi connectivity index (χ2v) is 11.4. The van der Waals surface area contributed by atoms with Gasteiger partial charge in [-0.1, -0.05) is 12.1 Å². The highest BCUT2D eigenvalue weighted by atomic mass is 32.2. The van der Waals surface area contributed by atoms with Gasteiger partial charge < -0.3 is 9.64 Å². The van der Waals surface area contributed by atoms with Crippen molar-refractivity contribution in [2.75, 3.05) is 46.4 Å². The lowest BCUT2D eigenvalue weighted by Gasteiger charge is -2.35. The number of rotatable bonds is 4. The number of nitrogens with zero attached hydrogens (tertiary/aromatic N) is 3. The van der Waals surface area contributed by atoms with Crippen molar-refractivity contribution in [3.63, 3.8) is 0 Å².